The van der Waals surface area contributed by atoms with Crippen LogP contribution >= 0.6 is 0 Å². The number of aromatic nitrogens is 2. The van der Waals surface area contributed by atoms with Crippen LogP contribution in [0, 0.1) is 6.92 Å². The molecule has 0 bridgehead atoms. The van der Waals surface area contributed by atoms with Gasteiger partial charge in [-0.25, -0.2) is 4.98 Å². The molecule has 2 rings (SSSR count). The Morgan fingerprint density at radius 2 is 2.35 bits per heavy atom. The second kappa shape index (κ2) is 6.38. The van der Waals surface area contributed by atoms with Crippen LogP contribution in [0.3, 0.4) is 0 Å². The lowest BCUT2D eigenvalue weighted by Gasteiger charge is -2.07. The Labute approximate surface area is 117 Å². The van der Waals surface area contributed by atoms with Crippen LogP contribution in [-0.4, -0.2) is 40.2 Å². The zero-order valence-electron chi connectivity index (χ0n) is 11.7. The summed E-state index contributed by atoms with van der Waals surface area (Å²) in [6.07, 6.45) is 2.32. The first-order valence-electron chi connectivity index (χ1n) is 6.68. The lowest BCUT2D eigenvalue weighted by Crippen LogP contribution is -2.26. The molecular formula is C14H19N3O3. The van der Waals surface area contributed by atoms with Crippen molar-refractivity contribution in [1.29, 1.82) is 0 Å². The van der Waals surface area contributed by atoms with E-state index in [1.807, 2.05) is 19.1 Å². The zero-order valence-corrected chi connectivity index (χ0v) is 11.7. The number of fused-ring (bicyclic) bond motifs is 1. The van der Waals surface area contributed by atoms with E-state index in [0.29, 0.717) is 42.4 Å². The first-order chi connectivity index (χ1) is 9.69. The molecule has 2 aromatic rings. The molecule has 0 aliphatic carbocycles. The predicted molar refractivity (Wildman–Crippen MR) is 75.1 cm³/mol. The molecule has 20 heavy (non-hydrogen) atoms. The summed E-state index contributed by atoms with van der Waals surface area (Å²) >= 11 is 0. The molecule has 2 heterocycles. The van der Waals surface area contributed by atoms with Gasteiger partial charge in [-0.1, -0.05) is 0 Å². The van der Waals surface area contributed by atoms with Gasteiger partial charge < -0.3 is 15.2 Å². The molecule has 0 radical (unpaired) electrons. The van der Waals surface area contributed by atoms with Gasteiger partial charge in [0.25, 0.3) is 5.91 Å². The molecule has 108 valence electrons. The summed E-state index contributed by atoms with van der Waals surface area (Å²) in [4.78, 5) is 16.6. The summed E-state index contributed by atoms with van der Waals surface area (Å²) in [5, 5.41) is 11.5. The van der Waals surface area contributed by atoms with Gasteiger partial charge in [-0.15, -0.1) is 0 Å². The van der Waals surface area contributed by atoms with Crippen LogP contribution in [0.1, 0.15) is 29.5 Å². The molecule has 2 aromatic heterocycles. The number of rotatable bonds is 6. The number of aryl methyl sites for hydroxylation is 1. The third-order valence-electron chi connectivity index (χ3n) is 2.92. The van der Waals surface area contributed by atoms with Crippen molar-refractivity contribution in [3.63, 3.8) is 0 Å². The Balaban J connectivity index is 2.36. The number of ether oxygens (including phenoxy) is 1. The lowest BCUT2D eigenvalue weighted by atomic mass is 10.3. The molecule has 0 fully saturated rings. The highest BCUT2D eigenvalue weighted by atomic mass is 16.5. The maximum absolute atomic E-state index is 12.2. The van der Waals surface area contributed by atoms with Crippen LogP contribution in [-0.2, 0) is 0 Å². The number of hydrogen-bond acceptors (Lipinski definition) is 4. The highest BCUT2D eigenvalue weighted by Gasteiger charge is 2.18. The Hall–Kier alpha value is -2.08. The third-order valence-corrected chi connectivity index (χ3v) is 2.92. The van der Waals surface area contributed by atoms with E-state index in [2.05, 4.69) is 10.3 Å². The Kier molecular flexibility index (Phi) is 4.57. The maximum atomic E-state index is 12.2. The van der Waals surface area contributed by atoms with Gasteiger partial charge in [0.05, 0.1) is 12.3 Å². The van der Waals surface area contributed by atoms with Crippen molar-refractivity contribution in [1.82, 2.24) is 14.7 Å². The molecule has 2 N–H and O–H groups in total. The Morgan fingerprint density at radius 1 is 1.55 bits per heavy atom. The van der Waals surface area contributed by atoms with Crippen molar-refractivity contribution in [2.75, 3.05) is 19.8 Å². The summed E-state index contributed by atoms with van der Waals surface area (Å²) in [5.74, 6) is 0.463. The topological polar surface area (TPSA) is 75.9 Å². The number of aliphatic hydroxyl groups excluding tert-OH is 1. The van der Waals surface area contributed by atoms with E-state index in [1.165, 1.54) is 0 Å². The number of carbonyl (C=O) groups is 1. The van der Waals surface area contributed by atoms with Gasteiger partial charge in [-0.05, 0) is 32.4 Å². The normalized spacial score (nSPS) is 10.8. The molecule has 0 spiro atoms. The molecule has 0 aromatic carbocycles. The van der Waals surface area contributed by atoms with E-state index < -0.39 is 0 Å². The lowest BCUT2D eigenvalue weighted by molar-refractivity contribution is 0.0944. The second-order valence-corrected chi connectivity index (χ2v) is 4.38. The maximum Gasteiger partial charge on any atom is 0.270 e. The average molecular weight is 277 g/mol. The van der Waals surface area contributed by atoms with Crippen molar-refractivity contribution in [2.24, 2.45) is 0 Å². The molecule has 0 saturated carbocycles. The van der Waals surface area contributed by atoms with Gasteiger partial charge in [0.1, 0.15) is 5.69 Å². The van der Waals surface area contributed by atoms with Gasteiger partial charge in [-0.3, -0.25) is 9.20 Å². The SMILES string of the molecule is CCOc1cccn2c(C(=O)NCCCO)c(C)nc12. The molecule has 0 aliphatic rings. The summed E-state index contributed by atoms with van der Waals surface area (Å²) < 4.78 is 7.25. The molecule has 6 nitrogen and oxygen atoms in total. The second-order valence-electron chi connectivity index (χ2n) is 4.38. The molecule has 0 saturated heterocycles. The van der Waals surface area contributed by atoms with Crippen molar-refractivity contribution < 1.29 is 14.6 Å². The fraction of sp³-hybridized carbons (Fsp3) is 0.429. The largest absolute Gasteiger partial charge is 0.490 e. The van der Waals surface area contributed by atoms with Crippen molar-refractivity contribution >= 4 is 11.6 Å². The van der Waals surface area contributed by atoms with E-state index in [-0.39, 0.29) is 12.5 Å². The smallest absolute Gasteiger partial charge is 0.270 e. The van der Waals surface area contributed by atoms with Crippen molar-refractivity contribution in [3.05, 3.63) is 29.7 Å². The number of pyridine rings is 1. The average Bonchev–Trinajstić information content (AvgIpc) is 2.76. The summed E-state index contributed by atoms with van der Waals surface area (Å²) in [7, 11) is 0. The summed E-state index contributed by atoms with van der Waals surface area (Å²) in [6.45, 7) is 4.74. The molecular weight excluding hydrogens is 258 g/mol. The van der Waals surface area contributed by atoms with Gasteiger partial charge in [0.15, 0.2) is 11.4 Å². The molecule has 0 aliphatic heterocycles. The fourth-order valence-corrected chi connectivity index (χ4v) is 2.06. The predicted octanol–water partition coefficient (Wildman–Crippen LogP) is 1.15. The van der Waals surface area contributed by atoms with E-state index in [9.17, 15) is 4.79 Å². The first-order valence-corrected chi connectivity index (χ1v) is 6.68. The van der Waals surface area contributed by atoms with Gasteiger partial charge >= 0.3 is 0 Å². The van der Waals surface area contributed by atoms with E-state index in [4.69, 9.17) is 9.84 Å². The Morgan fingerprint density at radius 3 is 3.05 bits per heavy atom. The monoisotopic (exact) mass is 277 g/mol. The number of carbonyl (C=O) groups excluding carboxylic acids is 1. The first kappa shape index (κ1) is 14.3. The van der Waals surface area contributed by atoms with Crippen LogP contribution in [0.5, 0.6) is 5.75 Å². The molecule has 6 heteroatoms. The standard InChI is InChI=1S/C14H19N3O3/c1-3-20-11-6-4-8-17-12(10(2)16-13(11)17)14(19)15-7-5-9-18/h4,6,8,18H,3,5,7,9H2,1-2H3,(H,15,19). The molecule has 0 atom stereocenters. The minimum Gasteiger partial charge on any atom is -0.490 e. The number of hydrogen-bond donors (Lipinski definition) is 2. The van der Waals surface area contributed by atoms with Gasteiger partial charge in [0.2, 0.25) is 0 Å². The molecule has 1 amide bonds. The Bertz CT molecular complexity index is 607. The van der Waals surface area contributed by atoms with Crippen molar-refractivity contribution in [2.45, 2.75) is 20.3 Å². The van der Waals surface area contributed by atoms with E-state index in [0.717, 1.165) is 0 Å². The van der Waals surface area contributed by atoms with Crippen molar-refractivity contribution in [3.8, 4) is 5.75 Å². The van der Waals surface area contributed by atoms with Crippen LogP contribution in [0.15, 0.2) is 18.3 Å². The minimum atomic E-state index is -0.197. The number of imidazole rings is 1. The fourth-order valence-electron chi connectivity index (χ4n) is 2.06. The summed E-state index contributed by atoms with van der Waals surface area (Å²) in [5.41, 5.74) is 1.79. The third kappa shape index (κ3) is 2.75. The number of nitrogens with zero attached hydrogens (tertiary/aromatic N) is 2. The van der Waals surface area contributed by atoms with E-state index >= 15 is 0 Å². The van der Waals surface area contributed by atoms with Crippen LogP contribution in [0.2, 0.25) is 0 Å². The highest BCUT2D eigenvalue weighted by molar-refractivity contribution is 5.94. The summed E-state index contributed by atoms with van der Waals surface area (Å²) in [6, 6.07) is 3.66. The van der Waals surface area contributed by atoms with Gasteiger partial charge in [-0.2, -0.15) is 0 Å². The van der Waals surface area contributed by atoms with Crippen LogP contribution in [0.4, 0.5) is 0 Å². The number of amides is 1. The molecule has 0 unspecified atom stereocenters. The van der Waals surface area contributed by atoms with Crippen LogP contribution in [0.25, 0.3) is 5.65 Å². The highest BCUT2D eigenvalue weighted by Crippen LogP contribution is 2.21. The zero-order chi connectivity index (χ0) is 14.5. The van der Waals surface area contributed by atoms with Gasteiger partial charge in [0, 0.05) is 19.3 Å². The number of nitrogens with one attached hydrogen (secondary N) is 1. The quantitative estimate of drug-likeness (QED) is 0.777. The van der Waals surface area contributed by atoms with E-state index in [1.54, 1.807) is 17.5 Å². The number of aliphatic hydroxyl groups is 1. The van der Waals surface area contributed by atoms with Crippen LogP contribution < -0.4 is 10.1 Å². The minimum absolute atomic E-state index is 0.0565.